The fourth-order valence-electron chi connectivity index (χ4n) is 2.21. The lowest BCUT2D eigenvalue weighted by Gasteiger charge is -2.11. The SMILES string of the molecule is O=C(CCNc1cccc(C(F)(F)F)c1)NCCc1ccc(Cl)cc1. The van der Waals surface area contributed by atoms with E-state index in [0.717, 1.165) is 17.7 Å². The van der Waals surface area contributed by atoms with Crippen LogP contribution in [0, 0.1) is 0 Å². The molecule has 0 aliphatic rings. The molecule has 0 aromatic heterocycles. The highest BCUT2D eigenvalue weighted by Gasteiger charge is 2.30. The van der Waals surface area contributed by atoms with Crippen molar-refractivity contribution in [3.8, 4) is 0 Å². The summed E-state index contributed by atoms with van der Waals surface area (Å²) in [5, 5.41) is 6.26. The Hall–Kier alpha value is -2.21. The van der Waals surface area contributed by atoms with Crippen LogP contribution >= 0.6 is 11.6 Å². The molecule has 1 amide bonds. The van der Waals surface area contributed by atoms with Gasteiger partial charge in [0.1, 0.15) is 0 Å². The normalized spacial score (nSPS) is 11.2. The molecule has 0 unspecified atom stereocenters. The van der Waals surface area contributed by atoms with E-state index in [1.807, 2.05) is 12.1 Å². The van der Waals surface area contributed by atoms with Crippen molar-refractivity contribution in [2.45, 2.75) is 19.0 Å². The van der Waals surface area contributed by atoms with Crippen molar-refractivity contribution < 1.29 is 18.0 Å². The lowest BCUT2D eigenvalue weighted by Crippen LogP contribution is -2.27. The molecule has 0 radical (unpaired) electrons. The molecule has 25 heavy (non-hydrogen) atoms. The van der Waals surface area contributed by atoms with E-state index in [9.17, 15) is 18.0 Å². The maximum Gasteiger partial charge on any atom is 0.416 e. The zero-order valence-electron chi connectivity index (χ0n) is 13.4. The van der Waals surface area contributed by atoms with Crippen molar-refractivity contribution in [3.05, 3.63) is 64.7 Å². The summed E-state index contributed by atoms with van der Waals surface area (Å²) in [4.78, 5) is 11.8. The molecule has 0 aliphatic heterocycles. The Labute approximate surface area is 149 Å². The molecule has 2 aromatic rings. The van der Waals surface area contributed by atoms with Crippen molar-refractivity contribution in [3.63, 3.8) is 0 Å². The Morgan fingerprint density at radius 1 is 1.04 bits per heavy atom. The molecular formula is C18H18ClF3N2O. The molecule has 3 nitrogen and oxygen atoms in total. The number of alkyl halides is 3. The first kappa shape index (κ1) is 19.1. The Balaban J connectivity index is 1.69. The van der Waals surface area contributed by atoms with E-state index in [-0.39, 0.29) is 18.9 Å². The van der Waals surface area contributed by atoms with Crippen LogP contribution in [0.3, 0.4) is 0 Å². The first-order valence-electron chi connectivity index (χ1n) is 7.77. The first-order chi connectivity index (χ1) is 11.8. The van der Waals surface area contributed by atoms with E-state index in [2.05, 4.69) is 10.6 Å². The van der Waals surface area contributed by atoms with Crippen LogP contribution in [0.1, 0.15) is 17.5 Å². The summed E-state index contributed by atoms with van der Waals surface area (Å²) in [5.41, 5.74) is 0.681. The Kier molecular flexibility index (Phi) is 6.70. The lowest BCUT2D eigenvalue weighted by molar-refractivity contribution is -0.137. The molecule has 0 bridgehead atoms. The van der Waals surface area contributed by atoms with Gasteiger partial charge in [-0.2, -0.15) is 13.2 Å². The van der Waals surface area contributed by atoms with Crippen LogP contribution < -0.4 is 10.6 Å². The van der Waals surface area contributed by atoms with E-state index in [1.165, 1.54) is 12.1 Å². The van der Waals surface area contributed by atoms with Gasteiger partial charge in [-0.3, -0.25) is 4.79 Å². The number of hydrogen-bond donors (Lipinski definition) is 2. The lowest BCUT2D eigenvalue weighted by atomic mass is 10.1. The van der Waals surface area contributed by atoms with E-state index in [1.54, 1.807) is 12.1 Å². The maximum atomic E-state index is 12.6. The second-order valence-corrected chi connectivity index (χ2v) is 5.92. The van der Waals surface area contributed by atoms with Gasteiger partial charge in [-0.05, 0) is 42.3 Å². The molecule has 2 N–H and O–H groups in total. The number of benzene rings is 2. The molecule has 0 spiro atoms. The zero-order valence-corrected chi connectivity index (χ0v) is 14.1. The Morgan fingerprint density at radius 2 is 1.76 bits per heavy atom. The predicted molar refractivity (Wildman–Crippen MR) is 92.7 cm³/mol. The maximum absolute atomic E-state index is 12.6. The molecule has 2 aromatic carbocycles. The van der Waals surface area contributed by atoms with E-state index in [4.69, 9.17) is 11.6 Å². The number of amides is 1. The van der Waals surface area contributed by atoms with Crippen LogP contribution in [-0.2, 0) is 17.4 Å². The summed E-state index contributed by atoms with van der Waals surface area (Å²) < 4.78 is 37.9. The summed E-state index contributed by atoms with van der Waals surface area (Å²) in [6.07, 6.45) is -3.52. The Bertz CT molecular complexity index is 702. The molecule has 7 heteroatoms. The smallest absolute Gasteiger partial charge is 0.385 e. The van der Waals surface area contributed by atoms with Gasteiger partial charge in [0.2, 0.25) is 5.91 Å². The third-order valence-electron chi connectivity index (χ3n) is 3.52. The topological polar surface area (TPSA) is 41.1 Å². The summed E-state index contributed by atoms with van der Waals surface area (Å²) in [7, 11) is 0. The molecule has 0 aliphatic carbocycles. The van der Waals surface area contributed by atoms with E-state index in [0.29, 0.717) is 23.7 Å². The van der Waals surface area contributed by atoms with Crippen LogP contribution in [0.15, 0.2) is 48.5 Å². The van der Waals surface area contributed by atoms with Gasteiger partial charge in [0.25, 0.3) is 0 Å². The second-order valence-electron chi connectivity index (χ2n) is 5.48. The molecule has 2 rings (SSSR count). The van der Waals surface area contributed by atoms with Crippen LogP contribution in [0.25, 0.3) is 0 Å². The monoisotopic (exact) mass is 370 g/mol. The third-order valence-corrected chi connectivity index (χ3v) is 3.77. The van der Waals surface area contributed by atoms with Crippen molar-refractivity contribution in [1.29, 1.82) is 0 Å². The number of carbonyl (C=O) groups excluding carboxylic acids is 1. The van der Waals surface area contributed by atoms with Crippen molar-refractivity contribution in [2.24, 2.45) is 0 Å². The molecule has 0 fully saturated rings. The van der Waals surface area contributed by atoms with Crippen molar-refractivity contribution in [2.75, 3.05) is 18.4 Å². The van der Waals surface area contributed by atoms with Crippen LogP contribution in [0.2, 0.25) is 5.02 Å². The predicted octanol–water partition coefficient (Wildman–Crippen LogP) is 4.52. The van der Waals surface area contributed by atoms with Gasteiger partial charge in [-0.25, -0.2) is 0 Å². The highest BCUT2D eigenvalue weighted by molar-refractivity contribution is 6.30. The number of hydrogen-bond acceptors (Lipinski definition) is 2. The quantitative estimate of drug-likeness (QED) is 0.752. The molecule has 0 saturated carbocycles. The first-order valence-corrected chi connectivity index (χ1v) is 8.14. The zero-order chi connectivity index (χ0) is 18.3. The average molecular weight is 371 g/mol. The molecule has 0 saturated heterocycles. The Morgan fingerprint density at radius 3 is 2.44 bits per heavy atom. The number of rotatable bonds is 7. The molecule has 0 heterocycles. The number of anilines is 1. The minimum absolute atomic E-state index is 0.159. The standard InChI is InChI=1S/C18H18ClF3N2O/c19-15-6-4-13(5-7-15)8-10-24-17(25)9-11-23-16-3-1-2-14(12-16)18(20,21)22/h1-7,12,23H,8-11H2,(H,24,25). The minimum atomic E-state index is -4.38. The van der Waals surface area contributed by atoms with E-state index < -0.39 is 11.7 Å². The van der Waals surface area contributed by atoms with Gasteiger partial charge < -0.3 is 10.6 Å². The van der Waals surface area contributed by atoms with E-state index >= 15 is 0 Å². The van der Waals surface area contributed by atoms with Gasteiger partial charge in [-0.1, -0.05) is 29.8 Å². The summed E-state index contributed by atoms with van der Waals surface area (Å²) in [6, 6.07) is 12.3. The fraction of sp³-hybridized carbons (Fsp3) is 0.278. The van der Waals surface area contributed by atoms with Gasteiger partial charge in [-0.15, -0.1) is 0 Å². The number of halogens is 4. The highest BCUT2D eigenvalue weighted by Crippen LogP contribution is 2.30. The summed E-state index contributed by atoms with van der Waals surface area (Å²) in [6.45, 7) is 0.748. The third kappa shape index (κ3) is 6.66. The molecule has 0 atom stereocenters. The largest absolute Gasteiger partial charge is 0.416 e. The summed E-state index contributed by atoms with van der Waals surface area (Å²) >= 11 is 5.80. The van der Waals surface area contributed by atoms with Crippen molar-refractivity contribution >= 4 is 23.2 Å². The highest BCUT2D eigenvalue weighted by atomic mass is 35.5. The number of carbonyl (C=O) groups is 1. The number of nitrogens with one attached hydrogen (secondary N) is 2. The van der Waals surface area contributed by atoms with Gasteiger partial charge in [0.05, 0.1) is 5.56 Å². The van der Waals surface area contributed by atoms with Crippen LogP contribution in [0.5, 0.6) is 0 Å². The minimum Gasteiger partial charge on any atom is -0.385 e. The van der Waals surface area contributed by atoms with Gasteiger partial charge in [0.15, 0.2) is 0 Å². The van der Waals surface area contributed by atoms with Crippen LogP contribution in [0.4, 0.5) is 18.9 Å². The van der Waals surface area contributed by atoms with Gasteiger partial charge >= 0.3 is 6.18 Å². The van der Waals surface area contributed by atoms with Crippen molar-refractivity contribution in [1.82, 2.24) is 5.32 Å². The fourth-order valence-corrected chi connectivity index (χ4v) is 2.34. The van der Waals surface area contributed by atoms with Gasteiger partial charge in [0, 0.05) is 30.2 Å². The molecular weight excluding hydrogens is 353 g/mol. The summed E-state index contributed by atoms with van der Waals surface area (Å²) in [5.74, 6) is -0.159. The second kappa shape index (κ2) is 8.76. The average Bonchev–Trinajstić information content (AvgIpc) is 2.56. The van der Waals surface area contributed by atoms with Crippen LogP contribution in [-0.4, -0.2) is 19.0 Å². The molecule has 134 valence electrons.